The quantitative estimate of drug-likeness (QED) is 0.712. The molecule has 0 aliphatic rings. The van der Waals surface area contributed by atoms with Crippen LogP contribution in [-0.4, -0.2) is 46.0 Å². The predicted molar refractivity (Wildman–Crippen MR) is 53.7 cm³/mol. The summed E-state index contributed by atoms with van der Waals surface area (Å²) in [6, 6.07) is 0. The van der Waals surface area contributed by atoms with Gasteiger partial charge in [-0.15, -0.1) is 5.10 Å². The Morgan fingerprint density at radius 3 is 3.06 bits per heavy atom. The lowest BCUT2D eigenvalue weighted by Crippen LogP contribution is -2.20. The third kappa shape index (κ3) is 2.62. The average Bonchev–Trinajstić information content (AvgIpc) is 2.91. The first-order valence-electron chi connectivity index (χ1n) is 4.97. The zero-order valence-corrected chi connectivity index (χ0v) is 9.13. The van der Waals surface area contributed by atoms with E-state index in [1.54, 1.807) is 17.9 Å². The molecule has 2 heterocycles. The molecule has 2 aromatic heterocycles. The van der Waals surface area contributed by atoms with Gasteiger partial charge in [0.1, 0.15) is 19.2 Å². The Morgan fingerprint density at radius 2 is 2.41 bits per heavy atom. The van der Waals surface area contributed by atoms with Gasteiger partial charge >= 0.3 is 5.97 Å². The van der Waals surface area contributed by atoms with Crippen molar-refractivity contribution in [3.8, 4) is 0 Å². The van der Waals surface area contributed by atoms with Crippen LogP contribution in [0.4, 0.5) is 0 Å². The molecule has 1 unspecified atom stereocenters. The Morgan fingerprint density at radius 1 is 1.59 bits per heavy atom. The maximum atomic E-state index is 10.7. The minimum absolute atomic E-state index is 0.229. The summed E-state index contributed by atoms with van der Waals surface area (Å²) in [6.07, 6.45) is 2.95. The standard InChI is InChI=1S/C8H11N7O2/c1-6(8(16)17)2-15-7(11-12-13-15)3-14-5-9-4-10-14/h4-6H,2-3H2,1H3,(H,16,17). The Balaban J connectivity index is 2.09. The van der Waals surface area contributed by atoms with Crippen molar-refractivity contribution >= 4 is 5.97 Å². The molecule has 9 nitrogen and oxygen atoms in total. The van der Waals surface area contributed by atoms with Gasteiger partial charge < -0.3 is 5.11 Å². The first kappa shape index (κ1) is 11.2. The van der Waals surface area contributed by atoms with E-state index in [4.69, 9.17) is 5.11 Å². The fraction of sp³-hybridized carbons (Fsp3) is 0.500. The molecule has 0 spiro atoms. The van der Waals surface area contributed by atoms with Crippen molar-refractivity contribution in [2.24, 2.45) is 5.92 Å². The van der Waals surface area contributed by atoms with Gasteiger partial charge in [-0.1, -0.05) is 6.92 Å². The molecule has 0 aliphatic carbocycles. The van der Waals surface area contributed by atoms with Gasteiger partial charge in [0.2, 0.25) is 0 Å². The fourth-order valence-corrected chi connectivity index (χ4v) is 1.28. The maximum absolute atomic E-state index is 10.7. The van der Waals surface area contributed by atoms with E-state index >= 15 is 0 Å². The van der Waals surface area contributed by atoms with Gasteiger partial charge in [0.05, 0.1) is 12.5 Å². The van der Waals surface area contributed by atoms with Gasteiger partial charge in [-0.05, 0) is 10.4 Å². The lowest BCUT2D eigenvalue weighted by molar-refractivity contribution is -0.141. The monoisotopic (exact) mass is 237 g/mol. The Labute approximate surface area is 96.1 Å². The average molecular weight is 237 g/mol. The van der Waals surface area contributed by atoms with Crippen LogP contribution in [0, 0.1) is 5.92 Å². The molecular weight excluding hydrogens is 226 g/mol. The van der Waals surface area contributed by atoms with Crippen molar-refractivity contribution in [1.82, 2.24) is 35.0 Å². The Kier molecular flexibility index (Phi) is 3.08. The van der Waals surface area contributed by atoms with Crippen LogP contribution in [0.25, 0.3) is 0 Å². The summed E-state index contributed by atoms with van der Waals surface area (Å²) in [5.41, 5.74) is 0. The van der Waals surface area contributed by atoms with Crippen LogP contribution in [-0.2, 0) is 17.9 Å². The van der Waals surface area contributed by atoms with Crippen molar-refractivity contribution in [1.29, 1.82) is 0 Å². The van der Waals surface area contributed by atoms with E-state index in [1.165, 1.54) is 11.0 Å². The van der Waals surface area contributed by atoms with E-state index < -0.39 is 11.9 Å². The minimum Gasteiger partial charge on any atom is -0.481 e. The first-order chi connectivity index (χ1) is 8.16. The molecular formula is C8H11N7O2. The molecule has 1 N–H and O–H groups in total. The highest BCUT2D eigenvalue weighted by Gasteiger charge is 2.15. The first-order valence-corrected chi connectivity index (χ1v) is 4.97. The van der Waals surface area contributed by atoms with Gasteiger partial charge in [0, 0.05) is 0 Å². The number of hydrogen-bond donors (Lipinski definition) is 1. The second kappa shape index (κ2) is 4.68. The lowest BCUT2D eigenvalue weighted by atomic mass is 10.2. The number of aliphatic carboxylic acids is 1. The van der Waals surface area contributed by atoms with Gasteiger partial charge in [-0.2, -0.15) is 5.10 Å². The fourth-order valence-electron chi connectivity index (χ4n) is 1.28. The van der Waals surface area contributed by atoms with Gasteiger partial charge in [0.25, 0.3) is 0 Å². The van der Waals surface area contributed by atoms with E-state index in [0.717, 1.165) is 0 Å². The zero-order valence-electron chi connectivity index (χ0n) is 9.13. The van der Waals surface area contributed by atoms with Crippen LogP contribution in [0.2, 0.25) is 0 Å². The van der Waals surface area contributed by atoms with Crippen LogP contribution >= 0.6 is 0 Å². The zero-order chi connectivity index (χ0) is 12.3. The van der Waals surface area contributed by atoms with Crippen LogP contribution in [0.1, 0.15) is 12.7 Å². The van der Waals surface area contributed by atoms with E-state index in [0.29, 0.717) is 12.4 Å². The molecule has 9 heteroatoms. The van der Waals surface area contributed by atoms with Gasteiger partial charge in [-0.25, -0.2) is 14.3 Å². The molecule has 0 amide bonds. The minimum atomic E-state index is -0.882. The second-order valence-electron chi connectivity index (χ2n) is 3.61. The summed E-state index contributed by atoms with van der Waals surface area (Å²) in [4.78, 5) is 14.5. The summed E-state index contributed by atoms with van der Waals surface area (Å²) in [5.74, 6) is -0.885. The number of aromatic nitrogens is 7. The van der Waals surface area contributed by atoms with Crippen LogP contribution in [0.15, 0.2) is 12.7 Å². The maximum Gasteiger partial charge on any atom is 0.308 e. The highest BCUT2D eigenvalue weighted by Crippen LogP contribution is 2.02. The van der Waals surface area contributed by atoms with E-state index in [2.05, 4.69) is 25.6 Å². The molecule has 17 heavy (non-hydrogen) atoms. The molecule has 1 atom stereocenters. The summed E-state index contributed by atoms with van der Waals surface area (Å²) in [7, 11) is 0. The molecule has 0 aliphatic heterocycles. The predicted octanol–water partition coefficient (Wildman–Crippen LogP) is -0.966. The van der Waals surface area contributed by atoms with Crippen LogP contribution in [0.3, 0.4) is 0 Å². The highest BCUT2D eigenvalue weighted by atomic mass is 16.4. The summed E-state index contributed by atoms with van der Waals surface area (Å²) in [5, 5.41) is 23.8. The van der Waals surface area contributed by atoms with Crippen molar-refractivity contribution in [3.05, 3.63) is 18.5 Å². The number of carboxylic acid groups (broad SMARTS) is 1. The summed E-state index contributed by atoms with van der Waals surface area (Å²) >= 11 is 0. The molecule has 0 saturated heterocycles. The lowest BCUT2D eigenvalue weighted by Gasteiger charge is -2.07. The SMILES string of the molecule is CC(Cn1nnnc1Cn1cncn1)C(=O)O. The molecule has 0 bridgehead atoms. The largest absolute Gasteiger partial charge is 0.481 e. The summed E-state index contributed by atoms with van der Waals surface area (Å²) < 4.78 is 3.02. The molecule has 0 aromatic carbocycles. The van der Waals surface area contributed by atoms with Crippen LogP contribution in [0.5, 0.6) is 0 Å². The third-order valence-electron chi connectivity index (χ3n) is 2.24. The molecule has 0 fully saturated rings. The van der Waals surface area contributed by atoms with E-state index in [-0.39, 0.29) is 6.54 Å². The Bertz CT molecular complexity index is 492. The highest BCUT2D eigenvalue weighted by molar-refractivity contribution is 5.69. The summed E-state index contributed by atoms with van der Waals surface area (Å²) in [6.45, 7) is 2.19. The second-order valence-corrected chi connectivity index (χ2v) is 3.61. The number of carboxylic acids is 1. The molecule has 0 radical (unpaired) electrons. The molecule has 0 saturated carbocycles. The van der Waals surface area contributed by atoms with Crippen molar-refractivity contribution in [2.45, 2.75) is 20.0 Å². The van der Waals surface area contributed by atoms with Crippen LogP contribution < -0.4 is 0 Å². The van der Waals surface area contributed by atoms with Gasteiger partial charge in [0.15, 0.2) is 5.82 Å². The molecule has 90 valence electrons. The number of hydrogen-bond acceptors (Lipinski definition) is 6. The number of nitrogens with zero attached hydrogens (tertiary/aromatic N) is 7. The van der Waals surface area contributed by atoms with Crippen molar-refractivity contribution < 1.29 is 9.90 Å². The van der Waals surface area contributed by atoms with Crippen molar-refractivity contribution in [2.75, 3.05) is 0 Å². The smallest absolute Gasteiger partial charge is 0.308 e. The molecule has 2 aromatic rings. The van der Waals surface area contributed by atoms with Crippen molar-refractivity contribution in [3.63, 3.8) is 0 Å². The Hall–Kier alpha value is -2.32. The topological polar surface area (TPSA) is 112 Å². The normalized spacial score (nSPS) is 12.5. The number of carbonyl (C=O) groups is 1. The van der Waals surface area contributed by atoms with E-state index in [1.807, 2.05) is 0 Å². The number of tetrazole rings is 1. The molecule has 2 rings (SSSR count). The number of rotatable bonds is 5. The third-order valence-corrected chi connectivity index (χ3v) is 2.24. The van der Waals surface area contributed by atoms with E-state index in [9.17, 15) is 4.79 Å². The van der Waals surface area contributed by atoms with Gasteiger partial charge in [-0.3, -0.25) is 4.79 Å².